The molecule has 9 heteroatoms. The molecule has 0 saturated heterocycles. The van der Waals surface area contributed by atoms with E-state index in [9.17, 15) is 22.8 Å². The quantitative estimate of drug-likeness (QED) is 0.911. The number of hydrogen-bond acceptors (Lipinski definition) is 3. The van der Waals surface area contributed by atoms with Gasteiger partial charge in [-0.15, -0.1) is 0 Å². The van der Waals surface area contributed by atoms with E-state index in [0.717, 1.165) is 6.07 Å². The summed E-state index contributed by atoms with van der Waals surface area (Å²) >= 11 is 5.91. The molecule has 0 radical (unpaired) electrons. The number of methoxy groups -OCH3 is 1. The molecule has 0 aliphatic heterocycles. The molecule has 1 aromatic heterocycles. The minimum Gasteiger partial charge on any atom is -0.495 e. The fraction of sp³-hybridized carbons (Fsp3) is 0.200. The van der Waals surface area contributed by atoms with E-state index in [1.165, 1.54) is 25.3 Å². The maximum atomic E-state index is 12.7. The van der Waals surface area contributed by atoms with Crippen molar-refractivity contribution in [1.82, 2.24) is 4.57 Å². The van der Waals surface area contributed by atoms with Gasteiger partial charge in [-0.25, -0.2) is 0 Å². The molecule has 24 heavy (non-hydrogen) atoms. The lowest BCUT2D eigenvalue weighted by molar-refractivity contribution is -0.138. The van der Waals surface area contributed by atoms with Crippen molar-refractivity contribution in [3.63, 3.8) is 0 Å². The van der Waals surface area contributed by atoms with Crippen LogP contribution < -0.4 is 15.6 Å². The van der Waals surface area contributed by atoms with Crippen molar-refractivity contribution in [3.8, 4) is 5.75 Å². The Labute approximate surface area is 139 Å². The molecule has 0 bridgehead atoms. The smallest absolute Gasteiger partial charge is 0.417 e. The number of aromatic nitrogens is 1. The van der Waals surface area contributed by atoms with Gasteiger partial charge in [-0.3, -0.25) is 9.59 Å². The van der Waals surface area contributed by atoms with E-state index >= 15 is 0 Å². The predicted molar refractivity (Wildman–Crippen MR) is 82.3 cm³/mol. The Morgan fingerprint density at radius 3 is 2.58 bits per heavy atom. The second-order valence-corrected chi connectivity index (χ2v) is 5.19. The standard InChI is InChI=1S/C15H12ClF3N2O3/c1-24-12-4-3-10(6-11(12)16)20-13(22)8-21-7-9(15(17,18)19)2-5-14(21)23/h2-7H,8H2,1H3,(H,20,22). The van der Waals surface area contributed by atoms with Crippen LogP contribution in [0.4, 0.5) is 18.9 Å². The first-order valence-electron chi connectivity index (χ1n) is 6.62. The van der Waals surface area contributed by atoms with Crippen molar-refractivity contribution in [2.24, 2.45) is 0 Å². The van der Waals surface area contributed by atoms with Gasteiger partial charge in [-0.05, 0) is 24.3 Å². The molecule has 1 N–H and O–H groups in total. The molecule has 0 atom stereocenters. The highest BCUT2D eigenvalue weighted by atomic mass is 35.5. The Morgan fingerprint density at radius 2 is 2.00 bits per heavy atom. The Balaban J connectivity index is 2.15. The number of alkyl halides is 3. The summed E-state index contributed by atoms with van der Waals surface area (Å²) in [7, 11) is 1.43. The fourth-order valence-electron chi connectivity index (χ4n) is 1.92. The molecule has 5 nitrogen and oxygen atoms in total. The number of benzene rings is 1. The van der Waals surface area contributed by atoms with Crippen molar-refractivity contribution in [3.05, 3.63) is 57.5 Å². The second kappa shape index (κ2) is 6.96. The summed E-state index contributed by atoms with van der Waals surface area (Å²) in [5, 5.41) is 2.70. The first-order valence-corrected chi connectivity index (χ1v) is 6.99. The van der Waals surface area contributed by atoms with Gasteiger partial charge in [0.2, 0.25) is 5.91 Å². The molecule has 0 fully saturated rings. The summed E-state index contributed by atoms with van der Waals surface area (Å²) in [6, 6.07) is 5.89. The Morgan fingerprint density at radius 1 is 1.29 bits per heavy atom. The van der Waals surface area contributed by atoms with Crippen molar-refractivity contribution < 1.29 is 22.7 Å². The zero-order valence-electron chi connectivity index (χ0n) is 12.4. The van der Waals surface area contributed by atoms with Crippen LogP contribution in [0.3, 0.4) is 0 Å². The van der Waals surface area contributed by atoms with E-state index in [-0.39, 0.29) is 5.02 Å². The molecule has 0 aliphatic rings. The highest BCUT2D eigenvalue weighted by Gasteiger charge is 2.31. The van der Waals surface area contributed by atoms with Crippen molar-refractivity contribution in [2.75, 3.05) is 12.4 Å². The second-order valence-electron chi connectivity index (χ2n) is 4.78. The molecule has 0 spiro atoms. The number of amides is 1. The number of pyridine rings is 1. The molecular formula is C15H12ClF3N2O3. The van der Waals surface area contributed by atoms with Gasteiger partial charge in [0.15, 0.2) is 0 Å². The molecule has 0 aliphatic carbocycles. The minimum absolute atomic E-state index is 0.256. The van der Waals surface area contributed by atoms with Crippen LogP contribution in [0, 0.1) is 0 Å². The average Bonchev–Trinajstić information content (AvgIpc) is 2.48. The normalized spacial score (nSPS) is 11.2. The van der Waals surface area contributed by atoms with Gasteiger partial charge in [-0.1, -0.05) is 11.6 Å². The zero-order valence-corrected chi connectivity index (χ0v) is 13.1. The van der Waals surface area contributed by atoms with Crippen LogP contribution in [0.25, 0.3) is 0 Å². The number of nitrogens with one attached hydrogen (secondary N) is 1. The first-order chi connectivity index (χ1) is 11.2. The van der Waals surface area contributed by atoms with Crippen molar-refractivity contribution in [1.29, 1.82) is 0 Å². The van der Waals surface area contributed by atoms with Gasteiger partial charge >= 0.3 is 6.18 Å². The summed E-state index contributed by atoms with van der Waals surface area (Å²) in [5.74, 6) is -0.263. The van der Waals surface area contributed by atoms with Crippen LogP contribution in [0.5, 0.6) is 5.75 Å². The third-order valence-corrected chi connectivity index (χ3v) is 3.36. The van der Waals surface area contributed by atoms with Crippen LogP contribution >= 0.6 is 11.6 Å². The third kappa shape index (κ3) is 4.29. The van der Waals surface area contributed by atoms with Crippen LogP contribution in [-0.2, 0) is 17.5 Å². The number of rotatable bonds is 4. The van der Waals surface area contributed by atoms with E-state index in [0.29, 0.717) is 28.3 Å². The maximum absolute atomic E-state index is 12.7. The summed E-state index contributed by atoms with van der Waals surface area (Å²) in [5.41, 5.74) is -1.40. The van der Waals surface area contributed by atoms with Gasteiger partial charge in [0.1, 0.15) is 12.3 Å². The topological polar surface area (TPSA) is 60.3 Å². The molecule has 1 aromatic carbocycles. The number of nitrogens with zero attached hydrogens (tertiary/aromatic N) is 1. The predicted octanol–water partition coefficient (Wildman–Crippen LogP) is 3.17. The molecule has 0 unspecified atom stereocenters. The Kier molecular flexibility index (Phi) is 5.18. The Hall–Kier alpha value is -2.48. The molecule has 1 heterocycles. The van der Waals surface area contributed by atoms with Crippen molar-refractivity contribution in [2.45, 2.75) is 12.7 Å². The average molecular weight is 361 g/mol. The summed E-state index contributed by atoms with van der Waals surface area (Å²) < 4.78 is 43.6. The number of hydrogen-bond donors (Lipinski definition) is 1. The monoisotopic (exact) mass is 360 g/mol. The van der Waals surface area contributed by atoms with Gasteiger partial charge in [0, 0.05) is 18.0 Å². The van der Waals surface area contributed by atoms with Crippen LogP contribution in [0.1, 0.15) is 5.56 Å². The maximum Gasteiger partial charge on any atom is 0.417 e. The number of anilines is 1. The van der Waals surface area contributed by atoms with Gasteiger partial charge in [-0.2, -0.15) is 13.2 Å². The fourth-order valence-corrected chi connectivity index (χ4v) is 2.18. The summed E-state index contributed by atoms with van der Waals surface area (Å²) in [6.07, 6.45) is -4.00. The molecule has 128 valence electrons. The summed E-state index contributed by atoms with van der Waals surface area (Å²) in [6.45, 7) is -0.563. The number of carbonyl (C=O) groups excluding carboxylic acids is 1. The zero-order chi connectivity index (χ0) is 17.9. The molecular weight excluding hydrogens is 349 g/mol. The van der Waals surface area contributed by atoms with Crippen LogP contribution in [-0.4, -0.2) is 17.6 Å². The SMILES string of the molecule is COc1ccc(NC(=O)Cn2cc(C(F)(F)F)ccc2=O)cc1Cl. The molecule has 0 saturated carbocycles. The van der Waals surface area contributed by atoms with Gasteiger partial charge < -0.3 is 14.6 Å². The van der Waals surface area contributed by atoms with E-state index < -0.39 is 29.8 Å². The minimum atomic E-state index is -4.60. The van der Waals surface area contributed by atoms with E-state index in [4.69, 9.17) is 16.3 Å². The van der Waals surface area contributed by atoms with Crippen LogP contribution in [0.15, 0.2) is 41.3 Å². The largest absolute Gasteiger partial charge is 0.495 e. The van der Waals surface area contributed by atoms with E-state index in [1.54, 1.807) is 0 Å². The van der Waals surface area contributed by atoms with E-state index in [1.807, 2.05) is 0 Å². The number of ether oxygens (including phenoxy) is 1. The molecule has 2 rings (SSSR count). The van der Waals surface area contributed by atoms with Gasteiger partial charge in [0.25, 0.3) is 5.56 Å². The summed E-state index contributed by atoms with van der Waals surface area (Å²) in [4.78, 5) is 23.5. The molecule has 1 amide bonds. The Bertz CT molecular complexity index is 818. The van der Waals surface area contributed by atoms with Crippen molar-refractivity contribution >= 4 is 23.2 Å². The lowest BCUT2D eigenvalue weighted by Gasteiger charge is -2.11. The van der Waals surface area contributed by atoms with E-state index in [2.05, 4.69) is 5.32 Å². The lowest BCUT2D eigenvalue weighted by atomic mass is 10.2. The molecule has 2 aromatic rings. The van der Waals surface area contributed by atoms with Crippen LogP contribution in [0.2, 0.25) is 5.02 Å². The highest BCUT2D eigenvalue weighted by Crippen LogP contribution is 2.28. The number of halogens is 4. The third-order valence-electron chi connectivity index (χ3n) is 3.06. The number of carbonyl (C=O) groups is 1. The highest BCUT2D eigenvalue weighted by molar-refractivity contribution is 6.32. The first kappa shape index (κ1) is 17.9. The lowest BCUT2D eigenvalue weighted by Crippen LogP contribution is -2.28. The van der Waals surface area contributed by atoms with Gasteiger partial charge in [0.05, 0.1) is 17.7 Å².